The van der Waals surface area contributed by atoms with Crippen molar-refractivity contribution in [1.82, 2.24) is 10.6 Å². The fourth-order valence-corrected chi connectivity index (χ4v) is 3.70. The normalized spacial score (nSPS) is 31.1. The first-order valence-electron chi connectivity index (χ1n) is 6.76. The lowest BCUT2D eigenvalue weighted by Crippen LogP contribution is -2.47. The smallest absolute Gasteiger partial charge is 0.321 e. The summed E-state index contributed by atoms with van der Waals surface area (Å²) in [6.07, 6.45) is 5.38. The second kappa shape index (κ2) is 5.91. The lowest BCUT2D eigenvalue weighted by Gasteiger charge is -2.28. The van der Waals surface area contributed by atoms with Gasteiger partial charge in [-0.25, -0.2) is 4.79 Å². The van der Waals surface area contributed by atoms with E-state index in [-0.39, 0.29) is 30.3 Å². The number of fused-ring (bicyclic) bond motifs is 2. The van der Waals surface area contributed by atoms with Crippen LogP contribution in [0.2, 0.25) is 0 Å². The van der Waals surface area contributed by atoms with Crippen LogP contribution in [-0.2, 0) is 4.79 Å². The summed E-state index contributed by atoms with van der Waals surface area (Å²) in [5, 5.41) is 5.19. The summed E-state index contributed by atoms with van der Waals surface area (Å²) in [5.41, 5.74) is 0. The summed E-state index contributed by atoms with van der Waals surface area (Å²) in [6.45, 7) is 2.04. The quantitative estimate of drug-likeness (QED) is 0.772. The largest absolute Gasteiger partial charge is 0.335 e. The molecule has 0 aromatic carbocycles. The van der Waals surface area contributed by atoms with Crippen molar-refractivity contribution < 1.29 is 9.59 Å². The average molecular weight is 273 g/mol. The minimum absolute atomic E-state index is 0.143. The van der Waals surface area contributed by atoms with Gasteiger partial charge in [0.25, 0.3) is 0 Å². The molecule has 102 valence electrons. The molecule has 2 rings (SSSR count). The van der Waals surface area contributed by atoms with E-state index in [4.69, 9.17) is 11.6 Å². The first-order valence-corrected chi connectivity index (χ1v) is 7.30. The van der Waals surface area contributed by atoms with Crippen molar-refractivity contribution in [3.05, 3.63) is 0 Å². The SMILES string of the molecule is CC(NC(=O)NC(=O)CCCl)C1CC2CCC1C2. The molecule has 0 spiro atoms. The number of hydrogen-bond donors (Lipinski definition) is 2. The van der Waals surface area contributed by atoms with Gasteiger partial charge in [-0.15, -0.1) is 11.6 Å². The maximum atomic E-state index is 11.6. The zero-order valence-electron chi connectivity index (χ0n) is 10.7. The molecule has 0 heterocycles. The summed E-state index contributed by atoms with van der Waals surface area (Å²) in [5.74, 6) is 2.13. The molecule has 0 aromatic heterocycles. The van der Waals surface area contributed by atoms with E-state index in [2.05, 4.69) is 10.6 Å². The number of nitrogens with one attached hydrogen (secondary N) is 2. The van der Waals surface area contributed by atoms with E-state index in [9.17, 15) is 9.59 Å². The third-order valence-corrected chi connectivity index (χ3v) is 4.56. The van der Waals surface area contributed by atoms with Gasteiger partial charge < -0.3 is 5.32 Å². The highest BCUT2D eigenvalue weighted by atomic mass is 35.5. The molecule has 4 atom stereocenters. The Hall–Kier alpha value is -0.770. The molecule has 4 nitrogen and oxygen atoms in total. The molecule has 2 aliphatic rings. The molecule has 18 heavy (non-hydrogen) atoms. The Labute approximate surface area is 113 Å². The molecule has 2 bridgehead atoms. The number of carbonyl (C=O) groups is 2. The molecule has 2 saturated carbocycles. The Morgan fingerprint density at radius 1 is 1.33 bits per heavy atom. The lowest BCUT2D eigenvalue weighted by molar-refractivity contribution is -0.119. The van der Waals surface area contributed by atoms with E-state index in [0.29, 0.717) is 5.92 Å². The maximum Gasteiger partial charge on any atom is 0.321 e. The zero-order chi connectivity index (χ0) is 13.1. The Morgan fingerprint density at radius 2 is 2.11 bits per heavy atom. The molecule has 2 fully saturated rings. The minimum Gasteiger partial charge on any atom is -0.335 e. The van der Waals surface area contributed by atoms with E-state index >= 15 is 0 Å². The van der Waals surface area contributed by atoms with Gasteiger partial charge in [0.15, 0.2) is 0 Å². The minimum atomic E-state index is -0.389. The van der Waals surface area contributed by atoms with Crippen LogP contribution in [0.15, 0.2) is 0 Å². The van der Waals surface area contributed by atoms with Gasteiger partial charge in [0.05, 0.1) is 0 Å². The second-order valence-electron chi connectivity index (χ2n) is 5.59. The van der Waals surface area contributed by atoms with Crippen molar-refractivity contribution >= 4 is 23.5 Å². The van der Waals surface area contributed by atoms with Crippen molar-refractivity contribution in [2.75, 3.05) is 5.88 Å². The predicted octanol–water partition coefficient (Wildman–Crippen LogP) is 2.27. The molecule has 2 N–H and O–H groups in total. The van der Waals surface area contributed by atoms with Gasteiger partial charge in [-0.1, -0.05) is 6.42 Å². The highest BCUT2D eigenvalue weighted by molar-refractivity contribution is 6.19. The van der Waals surface area contributed by atoms with Gasteiger partial charge in [0.1, 0.15) is 0 Å². The molecule has 0 saturated heterocycles. The Bertz CT molecular complexity index is 335. The topological polar surface area (TPSA) is 58.2 Å². The molecule has 0 aliphatic heterocycles. The standard InChI is InChI=1S/C13H21ClN2O2/c1-8(11-7-9-2-3-10(11)6-9)15-13(18)16-12(17)4-5-14/h8-11H,2-7H2,1H3,(H2,15,16,17,18). The number of halogens is 1. The van der Waals surface area contributed by atoms with E-state index < -0.39 is 0 Å². The van der Waals surface area contributed by atoms with Crippen LogP contribution in [0, 0.1) is 17.8 Å². The summed E-state index contributed by atoms with van der Waals surface area (Å²) in [7, 11) is 0. The van der Waals surface area contributed by atoms with Gasteiger partial charge in [-0.3, -0.25) is 10.1 Å². The number of alkyl halides is 1. The number of rotatable bonds is 4. The molecule has 0 aromatic rings. The van der Waals surface area contributed by atoms with Crippen molar-refractivity contribution in [2.24, 2.45) is 17.8 Å². The number of urea groups is 1. The van der Waals surface area contributed by atoms with Gasteiger partial charge in [-0.2, -0.15) is 0 Å². The van der Waals surface area contributed by atoms with Gasteiger partial charge in [0, 0.05) is 18.3 Å². The Morgan fingerprint density at radius 3 is 2.67 bits per heavy atom. The van der Waals surface area contributed by atoms with Crippen LogP contribution >= 0.6 is 11.6 Å². The van der Waals surface area contributed by atoms with E-state index in [1.54, 1.807) is 0 Å². The highest BCUT2D eigenvalue weighted by Crippen LogP contribution is 2.49. The van der Waals surface area contributed by atoms with Gasteiger partial charge in [-0.05, 0) is 43.9 Å². The fourth-order valence-electron chi connectivity index (χ4n) is 3.53. The molecule has 0 radical (unpaired) electrons. The zero-order valence-corrected chi connectivity index (χ0v) is 11.5. The van der Waals surface area contributed by atoms with Gasteiger partial charge >= 0.3 is 6.03 Å². The number of carbonyl (C=O) groups excluding carboxylic acids is 2. The van der Waals surface area contributed by atoms with Crippen molar-refractivity contribution in [3.8, 4) is 0 Å². The highest BCUT2D eigenvalue weighted by Gasteiger charge is 2.42. The van der Waals surface area contributed by atoms with Crippen molar-refractivity contribution in [1.29, 1.82) is 0 Å². The molecular weight excluding hydrogens is 252 g/mol. The van der Waals surface area contributed by atoms with Crippen LogP contribution < -0.4 is 10.6 Å². The monoisotopic (exact) mass is 272 g/mol. The number of imide groups is 1. The summed E-state index contributed by atoms with van der Waals surface area (Å²) in [4.78, 5) is 22.8. The summed E-state index contributed by atoms with van der Waals surface area (Å²) in [6, 6.07) is -0.246. The van der Waals surface area contributed by atoms with Crippen LogP contribution in [-0.4, -0.2) is 23.9 Å². The van der Waals surface area contributed by atoms with Crippen LogP contribution in [0.4, 0.5) is 4.79 Å². The fraction of sp³-hybridized carbons (Fsp3) is 0.846. The van der Waals surface area contributed by atoms with E-state index in [1.807, 2.05) is 6.92 Å². The van der Waals surface area contributed by atoms with Crippen LogP contribution in [0.5, 0.6) is 0 Å². The van der Waals surface area contributed by atoms with Crippen LogP contribution in [0.3, 0.4) is 0 Å². The lowest BCUT2D eigenvalue weighted by atomic mass is 9.84. The summed E-state index contributed by atoms with van der Waals surface area (Å²) < 4.78 is 0. The van der Waals surface area contributed by atoms with E-state index in [0.717, 1.165) is 11.8 Å². The third kappa shape index (κ3) is 3.16. The van der Waals surface area contributed by atoms with E-state index in [1.165, 1.54) is 25.7 Å². The molecule has 2 aliphatic carbocycles. The van der Waals surface area contributed by atoms with Crippen LogP contribution in [0.25, 0.3) is 0 Å². The average Bonchev–Trinajstić information content (AvgIpc) is 2.90. The maximum absolute atomic E-state index is 11.6. The Kier molecular flexibility index (Phi) is 4.49. The number of amides is 3. The number of hydrogen-bond acceptors (Lipinski definition) is 2. The van der Waals surface area contributed by atoms with Crippen molar-refractivity contribution in [3.63, 3.8) is 0 Å². The second-order valence-corrected chi connectivity index (χ2v) is 5.97. The molecular formula is C13H21ClN2O2. The first kappa shape index (κ1) is 13.7. The Balaban J connectivity index is 1.75. The predicted molar refractivity (Wildman–Crippen MR) is 70.4 cm³/mol. The van der Waals surface area contributed by atoms with Gasteiger partial charge in [0.2, 0.25) is 5.91 Å². The summed E-state index contributed by atoms with van der Waals surface area (Å²) >= 11 is 5.44. The van der Waals surface area contributed by atoms with Crippen molar-refractivity contribution in [2.45, 2.75) is 45.1 Å². The first-order chi connectivity index (χ1) is 8.60. The molecule has 3 amide bonds. The van der Waals surface area contributed by atoms with Crippen LogP contribution in [0.1, 0.15) is 39.0 Å². The molecule has 4 unspecified atom stereocenters. The third-order valence-electron chi connectivity index (χ3n) is 4.37. The molecule has 5 heteroatoms.